The number of carbonyl (C=O) groups is 4. The van der Waals surface area contributed by atoms with Gasteiger partial charge in [0.1, 0.15) is 6.04 Å². The summed E-state index contributed by atoms with van der Waals surface area (Å²) in [6, 6.07) is 5.57. The average Bonchev–Trinajstić information content (AvgIpc) is 3.16. The van der Waals surface area contributed by atoms with Gasteiger partial charge in [0.25, 0.3) is 5.91 Å². The Hall–Kier alpha value is -2.55. The fourth-order valence-corrected chi connectivity index (χ4v) is 4.81. The van der Waals surface area contributed by atoms with Crippen molar-refractivity contribution in [2.75, 3.05) is 17.7 Å². The van der Waals surface area contributed by atoms with E-state index in [1.165, 1.54) is 0 Å². The van der Waals surface area contributed by atoms with Gasteiger partial charge in [-0.3, -0.25) is 9.59 Å². The Morgan fingerprint density at radius 2 is 1.97 bits per heavy atom. The number of esters is 2. The fourth-order valence-electron chi connectivity index (χ4n) is 3.40. The van der Waals surface area contributed by atoms with Crippen molar-refractivity contribution in [3.63, 3.8) is 0 Å². The third-order valence-electron chi connectivity index (χ3n) is 4.81. The van der Waals surface area contributed by atoms with Crippen molar-refractivity contribution in [3.05, 3.63) is 29.8 Å². The zero-order chi connectivity index (χ0) is 21.2. The molecule has 2 fully saturated rings. The largest absolute Gasteiger partial charge is 0.459 e. The predicted octanol–water partition coefficient (Wildman–Crippen LogP) is 2.19. The maximum absolute atomic E-state index is 12.4. The van der Waals surface area contributed by atoms with Crippen LogP contribution in [0, 0.1) is 0 Å². The Morgan fingerprint density at radius 3 is 2.62 bits per heavy atom. The first kappa shape index (κ1) is 21.2. The summed E-state index contributed by atoms with van der Waals surface area (Å²) in [7, 11) is 0. The molecule has 3 rings (SSSR count). The number of carbonyl (C=O) groups excluding carboxylic acids is 4. The molecule has 2 atom stereocenters. The van der Waals surface area contributed by atoms with Crippen LogP contribution in [0.5, 0.6) is 0 Å². The monoisotopic (exact) mass is 420 g/mol. The molecule has 0 aliphatic carbocycles. The van der Waals surface area contributed by atoms with E-state index in [1.807, 2.05) is 6.92 Å². The number of nitrogens with one attached hydrogen (secondary N) is 1. The molecule has 2 saturated heterocycles. The van der Waals surface area contributed by atoms with Crippen molar-refractivity contribution in [2.45, 2.75) is 50.6 Å². The first-order valence-electron chi connectivity index (χ1n) is 9.43. The van der Waals surface area contributed by atoms with Gasteiger partial charge < -0.3 is 19.7 Å². The number of amides is 2. The highest BCUT2D eigenvalue weighted by Gasteiger charge is 2.53. The van der Waals surface area contributed by atoms with Crippen LogP contribution >= 0.6 is 11.8 Å². The topological polar surface area (TPSA) is 102 Å². The smallest absolute Gasteiger partial charge is 0.338 e. The van der Waals surface area contributed by atoms with E-state index in [4.69, 9.17) is 9.47 Å². The van der Waals surface area contributed by atoms with Crippen molar-refractivity contribution in [2.24, 2.45) is 0 Å². The molecule has 29 heavy (non-hydrogen) atoms. The van der Waals surface area contributed by atoms with Crippen molar-refractivity contribution in [1.29, 1.82) is 0 Å². The molecule has 2 aliphatic heterocycles. The first-order valence-corrected chi connectivity index (χ1v) is 10.4. The zero-order valence-corrected chi connectivity index (χ0v) is 17.4. The molecular weight excluding hydrogens is 396 g/mol. The highest BCUT2D eigenvalue weighted by Crippen LogP contribution is 2.47. The van der Waals surface area contributed by atoms with Crippen molar-refractivity contribution in [1.82, 2.24) is 4.90 Å². The molecule has 1 aromatic carbocycles. The number of fused-ring (bicyclic) bond motifs is 1. The normalized spacial score (nSPS) is 23.1. The van der Waals surface area contributed by atoms with E-state index in [1.54, 1.807) is 54.8 Å². The van der Waals surface area contributed by atoms with Gasteiger partial charge in [-0.05, 0) is 51.5 Å². The van der Waals surface area contributed by atoms with Gasteiger partial charge in [0, 0.05) is 17.9 Å². The molecule has 0 aromatic heterocycles. The number of nitrogens with zero attached hydrogens (tertiary/aromatic N) is 1. The van der Waals surface area contributed by atoms with E-state index in [0.29, 0.717) is 29.8 Å². The van der Waals surface area contributed by atoms with Crippen LogP contribution in [0.4, 0.5) is 5.69 Å². The van der Waals surface area contributed by atoms with Crippen LogP contribution in [-0.4, -0.2) is 58.0 Å². The van der Waals surface area contributed by atoms with E-state index < -0.39 is 30.5 Å². The maximum Gasteiger partial charge on any atom is 0.338 e. The van der Waals surface area contributed by atoms with E-state index in [-0.39, 0.29) is 16.9 Å². The lowest BCUT2D eigenvalue weighted by Gasteiger charge is -2.29. The van der Waals surface area contributed by atoms with Crippen LogP contribution in [0.15, 0.2) is 24.3 Å². The minimum atomic E-state index is -0.654. The molecular formula is C20H24N2O6S. The number of rotatable bonds is 6. The molecule has 1 N–H and O–H groups in total. The standard InChI is InChI=1S/C20H24N2O6S/c1-12(2)28-18(25)13-4-6-14(7-5-13)21-16(23)10-27-19(26)15-11-29-20(3)9-8-17(24)22(15)20/h4-7,12,15H,8-11H2,1-3H3,(H,21,23)/t15-,20-/m0/s1. The van der Waals surface area contributed by atoms with Gasteiger partial charge in [-0.15, -0.1) is 11.8 Å². The quantitative estimate of drug-likeness (QED) is 0.704. The molecule has 2 heterocycles. The lowest BCUT2D eigenvalue weighted by Crippen LogP contribution is -2.47. The molecule has 9 heteroatoms. The SMILES string of the molecule is CC(C)OC(=O)c1ccc(NC(=O)COC(=O)[C@@H]2CS[C@@]3(C)CCC(=O)N23)cc1. The summed E-state index contributed by atoms with van der Waals surface area (Å²) in [6.45, 7) is 5.02. The van der Waals surface area contributed by atoms with Gasteiger partial charge in [0.2, 0.25) is 5.91 Å². The number of hydrogen-bond acceptors (Lipinski definition) is 7. The van der Waals surface area contributed by atoms with Crippen molar-refractivity contribution < 1.29 is 28.7 Å². The van der Waals surface area contributed by atoms with Crippen molar-refractivity contribution >= 4 is 41.2 Å². The molecule has 1 aromatic rings. The molecule has 0 spiro atoms. The van der Waals surface area contributed by atoms with Gasteiger partial charge in [-0.1, -0.05) is 0 Å². The summed E-state index contributed by atoms with van der Waals surface area (Å²) in [6.07, 6.45) is 0.916. The molecule has 156 valence electrons. The van der Waals surface area contributed by atoms with Crippen LogP contribution < -0.4 is 5.32 Å². The second kappa shape index (κ2) is 8.44. The first-order chi connectivity index (χ1) is 13.7. The van der Waals surface area contributed by atoms with Crippen molar-refractivity contribution in [3.8, 4) is 0 Å². The zero-order valence-electron chi connectivity index (χ0n) is 16.6. The fraction of sp³-hybridized carbons (Fsp3) is 0.500. The highest BCUT2D eigenvalue weighted by molar-refractivity contribution is 8.01. The van der Waals surface area contributed by atoms with Gasteiger partial charge in [0.05, 0.1) is 16.5 Å². The van der Waals surface area contributed by atoms with Crippen LogP contribution in [0.3, 0.4) is 0 Å². The number of hydrogen-bond donors (Lipinski definition) is 1. The molecule has 8 nitrogen and oxygen atoms in total. The summed E-state index contributed by atoms with van der Waals surface area (Å²) < 4.78 is 10.2. The summed E-state index contributed by atoms with van der Waals surface area (Å²) >= 11 is 1.57. The number of thioether (sulfide) groups is 1. The van der Waals surface area contributed by atoms with E-state index in [9.17, 15) is 19.2 Å². The molecule has 0 unspecified atom stereocenters. The molecule has 0 bridgehead atoms. The van der Waals surface area contributed by atoms with Gasteiger partial charge in [-0.2, -0.15) is 0 Å². The Balaban J connectivity index is 1.49. The third-order valence-corrected chi connectivity index (χ3v) is 6.31. The minimum absolute atomic E-state index is 0.0556. The van der Waals surface area contributed by atoms with Gasteiger partial charge >= 0.3 is 11.9 Å². The van der Waals surface area contributed by atoms with Crippen LogP contribution in [0.1, 0.15) is 44.0 Å². The molecule has 0 radical (unpaired) electrons. The van der Waals surface area contributed by atoms with Crippen LogP contribution in [0.2, 0.25) is 0 Å². The Morgan fingerprint density at radius 1 is 1.28 bits per heavy atom. The molecule has 0 saturated carbocycles. The van der Waals surface area contributed by atoms with E-state index >= 15 is 0 Å². The third kappa shape index (κ3) is 4.72. The maximum atomic E-state index is 12.4. The second-order valence-corrected chi connectivity index (χ2v) is 8.95. The highest BCUT2D eigenvalue weighted by atomic mass is 32.2. The van der Waals surface area contributed by atoms with E-state index in [0.717, 1.165) is 0 Å². The Kier molecular flexibility index (Phi) is 6.16. The minimum Gasteiger partial charge on any atom is -0.459 e. The van der Waals surface area contributed by atoms with Gasteiger partial charge in [0.15, 0.2) is 6.61 Å². The van der Waals surface area contributed by atoms with Crippen LogP contribution in [-0.2, 0) is 23.9 Å². The number of benzene rings is 1. The van der Waals surface area contributed by atoms with E-state index in [2.05, 4.69) is 5.32 Å². The predicted molar refractivity (Wildman–Crippen MR) is 107 cm³/mol. The molecule has 2 amide bonds. The summed E-state index contributed by atoms with van der Waals surface area (Å²) in [5, 5.41) is 2.60. The molecule has 2 aliphatic rings. The lowest BCUT2D eigenvalue weighted by atomic mass is 10.2. The Labute approximate surface area is 173 Å². The lowest BCUT2D eigenvalue weighted by molar-refractivity contribution is -0.155. The van der Waals surface area contributed by atoms with Crippen LogP contribution in [0.25, 0.3) is 0 Å². The summed E-state index contributed by atoms with van der Waals surface area (Å²) in [4.78, 5) is 49.6. The number of anilines is 1. The Bertz CT molecular complexity index is 825. The second-order valence-electron chi connectivity index (χ2n) is 7.45. The van der Waals surface area contributed by atoms with Gasteiger partial charge in [-0.25, -0.2) is 9.59 Å². The number of ether oxygens (including phenoxy) is 2. The summed E-state index contributed by atoms with van der Waals surface area (Å²) in [5.41, 5.74) is 0.839. The summed E-state index contributed by atoms with van der Waals surface area (Å²) in [5.74, 6) is -1.10. The average molecular weight is 420 g/mol.